The Labute approximate surface area is 150 Å². The van der Waals surface area contributed by atoms with Crippen molar-refractivity contribution in [2.24, 2.45) is 0 Å². The Kier molecular flexibility index (Phi) is 5.66. The number of anilines is 1. The molecule has 2 rings (SSSR count). The summed E-state index contributed by atoms with van der Waals surface area (Å²) in [5.41, 5.74) is -0.471. The molecule has 9 nitrogen and oxygen atoms in total. The molecule has 0 atom stereocenters. The van der Waals surface area contributed by atoms with Gasteiger partial charge in [-0.05, 0) is 24.3 Å². The SMILES string of the molecule is O=C(Nc1ccc([N+](=O)[O-])cc1Cl)c1cc(Cl)ccc1OP(=O)(O)O. The molecule has 0 saturated carbocycles. The van der Waals surface area contributed by atoms with Gasteiger partial charge in [0.05, 0.1) is 21.2 Å². The molecule has 3 N–H and O–H groups in total. The fraction of sp³-hybridized carbons (Fsp3) is 0. The highest BCUT2D eigenvalue weighted by atomic mass is 35.5. The number of carbonyl (C=O) groups is 1. The molecule has 0 spiro atoms. The van der Waals surface area contributed by atoms with E-state index in [9.17, 15) is 19.5 Å². The number of rotatable bonds is 5. The van der Waals surface area contributed by atoms with Crippen molar-refractivity contribution in [3.05, 3.63) is 62.1 Å². The van der Waals surface area contributed by atoms with E-state index in [-0.39, 0.29) is 27.0 Å². The average molecular weight is 407 g/mol. The van der Waals surface area contributed by atoms with Gasteiger partial charge in [-0.1, -0.05) is 23.2 Å². The lowest BCUT2D eigenvalue weighted by Crippen LogP contribution is -2.13. The second-order valence-electron chi connectivity index (χ2n) is 4.60. The number of benzene rings is 2. The van der Waals surface area contributed by atoms with Crippen molar-refractivity contribution < 1.29 is 28.6 Å². The molecule has 0 aliphatic rings. The van der Waals surface area contributed by atoms with E-state index in [2.05, 4.69) is 9.84 Å². The number of hydrogen-bond donors (Lipinski definition) is 3. The molecule has 0 heterocycles. The van der Waals surface area contributed by atoms with E-state index in [0.29, 0.717) is 0 Å². The maximum absolute atomic E-state index is 12.3. The molecule has 2 aromatic carbocycles. The van der Waals surface area contributed by atoms with Crippen molar-refractivity contribution in [3.63, 3.8) is 0 Å². The van der Waals surface area contributed by atoms with Crippen LogP contribution in [0.4, 0.5) is 11.4 Å². The van der Waals surface area contributed by atoms with Gasteiger partial charge < -0.3 is 9.84 Å². The topological polar surface area (TPSA) is 139 Å². The second-order valence-corrected chi connectivity index (χ2v) is 6.61. The van der Waals surface area contributed by atoms with Gasteiger partial charge in [-0.2, -0.15) is 0 Å². The van der Waals surface area contributed by atoms with Gasteiger partial charge in [0.15, 0.2) is 0 Å². The molecule has 0 fully saturated rings. The summed E-state index contributed by atoms with van der Waals surface area (Å²) < 4.78 is 15.4. The number of carbonyl (C=O) groups excluding carboxylic acids is 1. The minimum Gasteiger partial charge on any atom is -0.403 e. The van der Waals surface area contributed by atoms with E-state index in [4.69, 9.17) is 33.0 Å². The van der Waals surface area contributed by atoms with Crippen molar-refractivity contribution in [2.75, 3.05) is 5.32 Å². The van der Waals surface area contributed by atoms with Crippen LogP contribution >= 0.6 is 31.0 Å². The van der Waals surface area contributed by atoms with Crippen LogP contribution in [0, 0.1) is 10.1 Å². The highest BCUT2D eigenvalue weighted by molar-refractivity contribution is 7.46. The highest BCUT2D eigenvalue weighted by Crippen LogP contribution is 2.40. The van der Waals surface area contributed by atoms with Crippen molar-refractivity contribution >= 4 is 48.3 Å². The Morgan fingerprint density at radius 2 is 1.88 bits per heavy atom. The zero-order valence-electron chi connectivity index (χ0n) is 12.1. The Morgan fingerprint density at radius 1 is 1.20 bits per heavy atom. The summed E-state index contributed by atoms with van der Waals surface area (Å²) in [5.74, 6) is -1.23. The molecule has 0 unspecified atom stereocenters. The van der Waals surface area contributed by atoms with Crippen molar-refractivity contribution in [3.8, 4) is 5.75 Å². The number of amides is 1. The quantitative estimate of drug-likeness (QED) is 0.391. The number of non-ortho nitro benzene ring substituents is 1. The van der Waals surface area contributed by atoms with Crippen LogP contribution < -0.4 is 9.84 Å². The molecule has 2 aromatic rings. The number of nitrogens with one attached hydrogen (secondary N) is 1. The zero-order chi connectivity index (χ0) is 18.8. The van der Waals surface area contributed by atoms with Gasteiger partial charge in [0, 0.05) is 17.2 Å². The summed E-state index contributed by atoms with van der Waals surface area (Å²) >= 11 is 11.7. The van der Waals surface area contributed by atoms with Crippen LogP contribution in [0.5, 0.6) is 5.75 Å². The second kappa shape index (κ2) is 7.38. The van der Waals surface area contributed by atoms with Crippen LogP contribution in [-0.4, -0.2) is 20.6 Å². The van der Waals surface area contributed by atoms with Gasteiger partial charge in [0.2, 0.25) is 0 Å². The Balaban J connectivity index is 2.34. The van der Waals surface area contributed by atoms with Crippen LogP contribution in [0.1, 0.15) is 10.4 Å². The number of nitro benzene ring substituents is 1. The van der Waals surface area contributed by atoms with Gasteiger partial charge in [-0.25, -0.2) is 4.57 Å². The molecule has 12 heteroatoms. The summed E-state index contributed by atoms with van der Waals surface area (Å²) in [4.78, 5) is 40.2. The van der Waals surface area contributed by atoms with Gasteiger partial charge in [0.1, 0.15) is 5.75 Å². The van der Waals surface area contributed by atoms with Gasteiger partial charge in [-0.3, -0.25) is 24.7 Å². The molecule has 1 amide bonds. The van der Waals surface area contributed by atoms with Gasteiger partial charge in [-0.15, -0.1) is 0 Å². The molecule has 25 heavy (non-hydrogen) atoms. The smallest absolute Gasteiger partial charge is 0.403 e. The first-order valence-corrected chi connectivity index (χ1v) is 8.65. The Hall–Kier alpha value is -2.16. The Bertz CT molecular complexity index is 900. The van der Waals surface area contributed by atoms with Crippen LogP contribution in [-0.2, 0) is 4.57 Å². The number of hydrogen-bond acceptors (Lipinski definition) is 5. The molecule has 0 aromatic heterocycles. The molecule has 0 radical (unpaired) electrons. The van der Waals surface area contributed by atoms with Gasteiger partial charge >= 0.3 is 7.82 Å². The maximum atomic E-state index is 12.3. The molecule has 0 aliphatic heterocycles. The molecule has 0 saturated heterocycles. The van der Waals surface area contributed by atoms with Crippen molar-refractivity contribution in [1.29, 1.82) is 0 Å². The van der Waals surface area contributed by atoms with E-state index in [1.165, 1.54) is 12.1 Å². The molecule has 0 aliphatic carbocycles. The lowest BCUT2D eigenvalue weighted by molar-refractivity contribution is -0.384. The Morgan fingerprint density at radius 3 is 2.44 bits per heavy atom. The third kappa shape index (κ3) is 5.15. The molecular formula is C13H9Cl2N2O7P. The number of phosphoric ester groups is 1. The van der Waals surface area contributed by atoms with E-state index >= 15 is 0 Å². The third-order valence-corrected chi connectivity index (χ3v) is 3.80. The van der Waals surface area contributed by atoms with E-state index in [1.54, 1.807) is 0 Å². The average Bonchev–Trinajstić information content (AvgIpc) is 2.49. The predicted octanol–water partition coefficient (Wildman–Crippen LogP) is 3.63. The lowest BCUT2D eigenvalue weighted by Gasteiger charge is -2.13. The van der Waals surface area contributed by atoms with Crippen LogP contribution in [0.15, 0.2) is 36.4 Å². The standard InChI is InChI=1S/C13H9Cl2N2O7P/c14-7-1-4-12(24-25(21,22)23)9(5-7)13(18)16-11-3-2-8(17(19)20)6-10(11)15/h1-6H,(H,16,18)(H2,21,22,23). The first kappa shape index (κ1) is 19.2. The van der Waals surface area contributed by atoms with E-state index < -0.39 is 24.4 Å². The lowest BCUT2D eigenvalue weighted by atomic mass is 10.2. The third-order valence-electron chi connectivity index (χ3n) is 2.82. The zero-order valence-corrected chi connectivity index (χ0v) is 14.5. The van der Waals surface area contributed by atoms with Crippen LogP contribution in [0.25, 0.3) is 0 Å². The van der Waals surface area contributed by atoms with Gasteiger partial charge in [0.25, 0.3) is 11.6 Å². The minimum absolute atomic E-state index is 0.0550. The maximum Gasteiger partial charge on any atom is 0.524 e. The van der Waals surface area contributed by atoms with E-state index in [1.807, 2.05) is 0 Å². The summed E-state index contributed by atoms with van der Waals surface area (Å²) in [7, 11) is -4.90. The van der Waals surface area contributed by atoms with Crippen molar-refractivity contribution in [1.82, 2.24) is 0 Å². The summed E-state index contributed by atoms with van der Waals surface area (Å²) in [6, 6.07) is 6.93. The normalized spacial score (nSPS) is 11.0. The number of nitrogens with zero attached hydrogens (tertiary/aromatic N) is 1. The van der Waals surface area contributed by atoms with Crippen LogP contribution in [0.3, 0.4) is 0 Å². The summed E-state index contributed by atoms with van der Waals surface area (Å²) in [6.07, 6.45) is 0. The summed E-state index contributed by atoms with van der Waals surface area (Å²) in [6.45, 7) is 0. The minimum atomic E-state index is -4.90. The number of phosphoric acid groups is 1. The highest BCUT2D eigenvalue weighted by Gasteiger charge is 2.22. The largest absolute Gasteiger partial charge is 0.524 e. The fourth-order valence-electron chi connectivity index (χ4n) is 1.80. The number of nitro groups is 1. The fourth-order valence-corrected chi connectivity index (χ4v) is 2.61. The molecule has 0 bridgehead atoms. The van der Waals surface area contributed by atoms with E-state index in [0.717, 1.165) is 24.3 Å². The first-order chi connectivity index (χ1) is 11.6. The number of halogens is 2. The molecular weight excluding hydrogens is 398 g/mol. The van der Waals surface area contributed by atoms with Crippen molar-refractivity contribution in [2.45, 2.75) is 0 Å². The van der Waals surface area contributed by atoms with Crippen LogP contribution in [0.2, 0.25) is 10.0 Å². The summed E-state index contributed by atoms with van der Waals surface area (Å²) in [5, 5.41) is 13.1. The molecule has 132 valence electrons. The predicted molar refractivity (Wildman–Crippen MR) is 90.2 cm³/mol. The monoisotopic (exact) mass is 406 g/mol. The first-order valence-electron chi connectivity index (χ1n) is 6.37.